The number of hydrogen-bond acceptors (Lipinski definition) is 4. The van der Waals surface area contributed by atoms with Crippen molar-refractivity contribution in [3.05, 3.63) is 0 Å². The maximum absolute atomic E-state index is 10.0. The van der Waals surface area contributed by atoms with Gasteiger partial charge in [0.25, 0.3) is 0 Å². The molecule has 0 bridgehead atoms. The van der Waals surface area contributed by atoms with E-state index in [0.717, 1.165) is 32.4 Å². The van der Waals surface area contributed by atoms with E-state index < -0.39 is 5.60 Å². The van der Waals surface area contributed by atoms with Crippen molar-refractivity contribution in [1.82, 2.24) is 5.32 Å². The van der Waals surface area contributed by atoms with Crippen molar-refractivity contribution in [2.75, 3.05) is 26.5 Å². The molecule has 0 aromatic rings. The Morgan fingerprint density at radius 1 is 1.40 bits per heavy atom. The SMILES string of the molecule is CCC(O)(CC)CNCC1CCOCO1. The van der Waals surface area contributed by atoms with Gasteiger partial charge in [-0.2, -0.15) is 0 Å². The molecule has 0 saturated carbocycles. The topological polar surface area (TPSA) is 50.7 Å². The van der Waals surface area contributed by atoms with Gasteiger partial charge < -0.3 is 19.9 Å². The lowest BCUT2D eigenvalue weighted by molar-refractivity contribution is -0.137. The highest BCUT2D eigenvalue weighted by Crippen LogP contribution is 2.13. The molecule has 1 atom stereocenters. The molecule has 0 amide bonds. The molecule has 1 unspecified atom stereocenters. The average molecular weight is 217 g/mol. The molecular weight excluding hydrogens is 194 g/mol. The zero-order valence-electron chi connectivity index (χ0n) is 9.79. The van der Waals surface area contributed by atoms with Gasteiger partial charge in [-0.15, -0.1) is 0 Å². The molecule has 1 saturated heterocycles. The van der Waals surface area contributed by atoms with Crippen LogP contribution >= 0.6 is 0 Å². The van der Waals surface area contributed by atoms with E-state index in [9.17, 15) is 5.11 Å². The third-order valence-electron chi connectivity index (χ3n) is 3.11. The van der Waals surface area contributed by atoms with Gasteiger partial charge in [-0.3, -0.25) is 0 Å². The highest BCUT2D eigenvalue weighted by atomic mass is 16.7. The van der Waals surface area contributed by atoms with Gasteiger partial charge in [-0.05, 0) is 19.3 Å². The van der Waals surface area contributed by atoms with Crippen molar-refractivity contribution in [2.24, 2.45) is 0 Å². The Labute approximate surface area is 92.0 Å². The zero-order valence-corrected chi connectivity index (χ0v) is 9.79. The maximum atomic E-state index is 10.0. The second kappa shape index (κ2) is 6.43. The van der Waals surface area contributed by atoms with E-state index in [-0.39, 0.29) is 6.10 Å². The van der Waals surface area contributed by atoms with Crippen molar-refractivity contribution in [3.63, 3.8) is 0 Å². The fraction of sp³-hybridized carbons (Fsp3) is 1.00. The van der Waals surface area contributed by atoms with Crippen molar-refractivity contribution < 1.29 is 14.6 Å². The summed E-state index contributed by atoms with van der Waals surface area (Å²) in [5, 5.41) is 13.3. The van der Waals surface area contributed by atoms with Crippen molar-refractivity contribution in [1.29, 1.82) is 0 Å². The van der Waals surface area contributed by atoms with Crippen LogP contribution in [0.25, 0.3) is 0 Å². The summed E-state index contributed by atoms with van der Waals surface area (Å²) >= 11 is 0. The first kappa shape index (κ1) is 12.9. The maximum Gasteiger partial charge on any atom is 0.147 e. The summed E-state index contributed by atoms with van der Waals surface area (Å²) in [5.41, 5.74) is -0.564. The standard InChI is InChI=1S/C11H23NO3/c1-3-11(13,4-2)8-12-7-10-5-6-14-9-15-10/h10,12-13H,3-9H2,1-2H3. The number of ether oxygens (including phenoxy) is 2. The fourth-order valence-electron chi connectivity index (χ4n) is 1.63. The Morgan fingerprint density at radius 3 is 2.67 bits per heavy atom. The number of rotatable bonds is 6. The summed E-state index contributed by atoms with van der Waals surface area (Å²) in [4.78, 5) is 0. The Balaban J connectivity index is 2.14. The van der Waals surface area contributed by atoms with Gasteiger partial charge in [0.15, 0.2) is 0 Å². The molecule has 15 heavy (non-hydrogen) atoms. The van der Waals surface area contributed by atoms with Crippen molar-refractivity contribution in [2.45, 2.75) is 44.8 Å². The van der Waals surface area contributed by atoms with Crippen molar-refractivity contribution >= 4 is 0 Å². The molecule has 0 spiro atoms. The molecule has 4 nitrogen and oxygen atoms in total. The molecule has 2 N–H and O–H groups in total. The second-order valence-electron chi connectivity index (χ2n) is 4.17. The largest absolute Gasteiger partial charge is 0.389 e. The minimum atomic E-state index is -0.564. The third-order valence-corrected chi connectivity index (χ3v) is 3.11. The minimum absolute atomic E-state index is 0.233. The Hall–Kier alpha value is -0.160. The van der Waals surface area contributed by atoms with Gasteiger partial charge in [0.1, 0.15) is 6.79 Å². The average Bonchev–Trinajstić information content (AvgIpc) is 2.30. The lowest BCUT2D eigenvalue weighted by Crippen LogP contribution is -2.43. The van der Waals surface area contributed by atoms with E-state index >= 15 is 0 Å². The summed E-state index contributed by atoms with van der Waals surface area (Å²) in [7, 11) is 0. The van der Waals surface area contributed by atoms with Gasteiger partial charge >= 0.3 is 0 Å². The molecular formula is C11H23NO3. The Kier molecular flexibility index (Phi) is 5.53. The number of nitrogens with one attached hydrogen (secondary N) is 1. The van der Waals surface area contributed by atoms with Gasteiger partial charge in [-0.1, -0.05) is 13.8 Å². The minimum Gasteiger partial charge on any atom is -0.389 e. The normalized spacial score (nSPS) is 23.0. The first-order chi connectivity index (χ1) is 7.20. The third kappa shape index (κ3) is 4.47. The monoisotopic (exact) mass is 217 g/mol. The smallest absolute Gasteiger partial charge is 0.147 e. The lowest BCUT2D eigenvalue weighted by Gasteiger charge is -2.28. The summed E-state index contributed by atoms with van der Waals surface area (Å²) in [5.74, 6) is 0. The summed E-state index contributed by atoms with van der Waals surface area (Å²) in [6.45, 7) is 6.63. The summed E-state index contributed by atoms with van der Waals surface area (Å²) < 4.78 is 10.5. The van der Waals surface area contributed by atoms with Crippen LogP contribution in [0.4, 0.5) is 0 Å². The van der Waals surface area contributed by atoms with Crippen LogP contribution in [0, 0.1) is 0 Å². The van der Waals surface area contributed by atoms with Gasteiger partial charge in [0.05, 0.1) is 18.3 Å². The first-order valence-electron chi connectivity index (χ1n) is 5.82. The highest BCUT2D eigenvalue weighted by Gasteiger charge is 2.22. The predicted octanol–water partition coefficient (Wildman–Crippen LogP) is 0.890. The van der Waals surface area contributed by atoms with E-state index in [0.29, 0.717) is 13.3 Å². The molecule has 0 aromatic carbocycles. The van der Waals surface area contributed by atoms with Gasteiger partial charge in [0, 0.05) is 13.1 Å². The molecule has 1 fully saturated rings. The van der Waals surface area contributed by atoms with Gasteiger partial charge in [-0.25, -0.2) is 0 Å². The van der Waals surface area contributed by atoms with Crippen LogP contribution in [0.2, 0.25) is 0 Å². The van der Waals surface area contributed by atoms with Crippen LogP contribution in [0.5, 0.6) is 0 Å². The number of aliphatic hydroxyl groups is 1. The van der Waals surface area contributed by atoms with Crippen LogP contribution in [0.1, 0.15) is 33.1 Å². The van der Waals surface area contributed by atoms with E-state index in [4.69, 9.17) is 9.47 Å². The summed E-state index contributed by atoms with van der Waals surface area (Å²) in [6, 6.07) is 0. The van der Waals surface area contributed by atoms with E-state index in [1.165, 1.54) is 0 Å². The van der Waals surface area contributed by atoms with Crippen molar-refractivity contribution in [3.8, 4) is 0 Å². The molecule has 1 heterocycles. The lowest BCUT2D eigenvalue weighted by atomic mass is 9.97. The Morgan fingerprint density at radius 2 is 2.13 bits per heavy atom. The zero-order chi connectivity index (χ0) is 11.1. The molecule has 0 aliphatic carbocycles. The summed E-state index contributed by atoms with van der Waals surface area (Å²) in [6.07, 6.45) is 2.73. The molecule has 90 valence electrons. The van der Waals surface area contributed by atoms with Crippen LogP contribution < -0.4 is 5.32 Å². The highest BCUT2D eigenvalue weighted by molar-refractivity contribution is 4.78. The van der Waals surface area contributed by atoms with Crippen LogP contribution in [0.3, 0.4) is 0 Å². The van der Waals surface area contributed by atoms with E-state index in [2.05, 4.69) is 5.32 Å². The van der Waals surface area contributed by atoms with E-state index in [1.807, 2.05) is 13.8 Å². The van der Waals surface area contributed by atoms with Crippen LogP contribution in [0.15, 0.2) is 0 Å². The second-order valence-corrected chi connectivity index (χ2v) is 4.17. The van der Waals surface area contributed by atoms with Gasteiger partial charge in [0.2, 0.25) is 0 Å². The predicted molar refractivity (Wildman–Crippen MR) is 58.7 cm³/mol. The molecule has 1 aliphatic heterocycles. The molecule has 0 aromatic heterocycles. The molecule has 1 rings (SSSR count). The first-order valence-corrected chi connectivity index (χ1v) is 5.82. The van der Waals surface area contributed by atoms with E-state index in [1.54, 1.807) is 0 Å². The van der Waals surface area contributed by atoms with Crippen LogP contribution in [-0.2, 0) is 9.47 Å². The molecule has 4 heteroatoms. The van der Waals surface area contributed by atoms with Crippen LogP contribution in [-0.4, -0.2) is 43.3 Å². The Bertz CT molecular complexity index is 165. The number of hydrogen-bond donors (Lipinski definition) is 2. The quantitative estimate of drug-likeness (QED) is 0.694. The molecule has 0 radical (unpaired) electrons. The fourth-order valence-corrected chi connectivity index (χ4v) is 1.63. The molecule has 1 aliphatic rings.